The number of halogens is 2. The van der Waals surface area contributed by atoms with Crippen molar-refractivity contribution >= 4 is 5.97 Å². The summed E-state index contributed by atoms with van der Waals surface area (Å²) in [7, 11) is 0. The van der Waals surface area contributed by atoms with Crippen molar-refractivity contribution in [3.63, 3.8) is 0 Å². The number of aryl methyl sites for hydroxylation is 1. The number of carbonyl (C=O) groups is 1. The average molecular weight is 268 g/mol. The number of hydrogen-bond acceptors (Lipinski definition) is 3. The molecule has 1 N–H and O–H groups in total. The summed E-state index contributed by atoms with van der Waals surface area (Å²) in [6, 6.07) is 7.19. The molecular formula is C12H10F2N2O3. The van der Waals surface area contributed by atoms with Gasteiger partial charge in [-0.15, -0.1) is 0 Å². The Balaban J connectivity index is 2.29. The van der Waals surface area contributed by atoms with Gasteiger partial charge in [-0.3, -0.25) is 0 Å². The van der Waals surface area contributed by atoms with Gasteiger partial charge < -0.3 is 9.84 Å². The zero-order valence-corrected chi connectivity index (χ0v) is 9.88. The van der Waals surface area contributed by atoms with Gasteiger partial charge >= 0.3 is 12.6 Å². The van der Waals surface area contributed by atoms with Crippen LogP contribution in [0.1, 0.15) is 16.2 Å². The summed E-state index contributed by atoms with van der Waals surface area (Å²) in [5.74, 6) is -1.10. The number of rotatable bonds is 4. The minimum Gasteiger partial charge on any atom is -0.476 e. The highest BCUT2D eigenvalue weighted by molar-refractivity contribution is 5.85. The minimum absolute atomic E-state index is 0.0296. The van der Waals surface area contributed by atoms with Gasteiger partial charge in [0.15, 0.2) is 5.69 Å². The monoisotopic (exact) mass is 268 g/mol. The third-order valence-electron chi connectivity index (χ3n) is 2.41. The van der Waals surface area contributed by atoms with Gasteiger partial charge in [-0.1, -0.05) is 0 Å². The highest BCUT2D eigenvalue weighted by atomic mass is 19.3. The standard InChI is InChI=1S/C12H10F2N2O3/c1-7-6-10(11(17)18)15-16(7)8-2-4-9(5-3-8)19-12(13)14/h2-6,12H,1H3,(H,17,18). The average Bonchev–Trinajstić information content (AvgIpc) is 2.72. The first-order chi connectivity index (χ1) is 8.97. The maximum Gasteiger partial charge on any atom is 0.387 e. The molecule has 2 rings (SSSR count). The van der Waals surface area contributed by atoms with E-state index < -0.39 is 12.6 Å². The van der Waals surface area contributed by atoms with Crippen LogP contribution >= 0.6 is 0 Å². The van der Waals surface area contributed by atoms with Gasteiger partial charge in [0, 0.05) is 5.69 Å². The summed E-state index contributed by atoms with van der Waals surface area (Å²) in [5.41, 5.74) is 1.11. The fraction of sp³-hybridized carbons (Fsp3) is 0.167. The molecule has 7 heteroatoms. The Morgan fingerprint density at radius 1 is 1.37 bits per heavy atom. The van der Waals surface area contributed by atoms with Crippen LogP contribution in [0.5, 0.6) is 5.75 Å². The Morgan fingerprint density at radius 3 is 2.47 bits per heavy atom. The summed E-state index contributed by atoms with van der Waals surface area (Å²) in [6.07, 6.45) is 0. The molecule has 0 unspecified atom stereocenters. The lowest BCUT2D eigenvalue weighted by atomic mass is 10.3. The molecule has 0 radical (unpaired) electrons. The first kappa shape index (κ1) is 13.0. The van der Waals surface area contributed by atoms with E-state index >= 15 is 0 Å². The highest BCUT2D eigenvalue weighted by Gasteiger charge is 2.12. The molecule has 0 aliphatic carbocycles. The van der Waals surface area contributed by atoms with Gasteiger partial charge in [0.25, 0.3) is 0 Å². The summed E-state index contributed by atoms with van der Waals surface area (Å²) < 4.78 is 29.6. The Labute approximate surface area is 107 Å². The van der Waals surface area contributed by atoms with E-state index in [2.05, 4.69) is 9.84 Å². The number of aromatic carboxylic acids is 1. The number of benzene rings is 1. The molecule has 2 aromatic rings. The molecule has 0 bridgehead atoms. The van der Waals surface area contributed by atoms with E-state index in [1.807, 2.05) is 0 Å². The molecule has 1 aromatic heterocycles. The van der Waals surface area contributed by atoms with Crippen molar-refractivity contribution in [3.05, 3.63) is 41.7 Å². The Hall–Kier alpha value is -2.44. The van der Waals surface area contributed by atoms with Crippen LogP contribution in [0, 0.1) is 6.92 Å². The van der Waals surface area contributed by atoms with Gasteiger partial charge in [0.1, 0.15) is 5.75 Å². The van der Waals surface area contributed by atoms with E-state index in [-0.39, 0.29) is 11.4 Å². The smallest absolute Gasteiger partial charge is 0.387 e. The molecule has 0 saturated carbocycles. The maximum absolute atomic E-state index is 12.0. The predicted octanol–water partition coefficient (Wildman–Crippen LogP) is 2.48. The fourth-order valence-electron chi connectivity index (χ4n) is 1.61. The lowest BCUT2D eigenvalue weighted by Gasteiger charge is -2.07. The van der Waals surface area contributed by atoms with Crippen LogP contribution in [0.15, 0.2) is 30.3 Å². The van der Waals surface area contributed by atoms with Crippen molar-refractivity contribution in [2.45, 2.75) is 13.5 Å². The van der Waals surface area contributed by atoms with Crippen molar-refractivity contribution < 1.29 is 23.4 Å². The van der Waals surface area contributed by atoms with Crippen molar-refractivity contribution in [1.29, 1.82) is 0 Å². The Kier molecular flexibility index (Phi) is 3.46. The van der Waals surface area contributed by atoms with Gasteiger partial charge in [0.2, 0.25) is 0 Å². The largest absolute Gasteiger partial charge is 0.476 e. The second-order valence-electron chi connectivity index (χ2n) is 3.76. The van der Waals surface area contributed by atoms with E-state index in [1.54, 1.807) is 6.92 Å². The van der Waals surface area contributed by atoms with Gasteiger partial charge in [-0.2, -0.15) is 13.9 Å². The zero-order valence-electron chi connectivity index (χ0n) is 9.88. The number of ether oxygens (including phenoxy) is 1. The van der Waals surface area contributed by atoms with E-state index in [4.69, 9.17) is 5.11 Å². The van der Waals surface area contributed by atoms with Crippen molar-refractivity contribution in [2.24, 2.45) is 0 Å². The van der Waals surface area contributed by atoms with Crippen LogP contribution in [0.4, 0.5) is 8.78 Å². The third-order valence-corrected chi connectivity index (χ3v) is 2.41. The molecule has 5 nitrogen and oxygen atoms in total. The number of hydrogen-bond donors (Lipinski definition) is 1. The molecule has 19 heavy (non-hydrogen) atoms. The molecule has 0 aliphatic heterocycles. The molecule has 0 saturated heterocycles. The third kappa shape index (κ3) is 2.87. The quantitative estimate of drug-likeness (QED) is 0.925. The van der Waals surface area contributed by atoms with Crippen LogP contribution in [0.25, 0.3) is 5.69 Å². The lowest BCUT2D eigenvalue weighted by Crippen LogP contribution is -2.04. The molecule has 0 spiro atoms. The SMILES string of the molecule is Cc1cc(C(=O)O)nn1-c1ccc(OC(F)F)cc1. The zero-order chi connectivity index (χ0) is 14.0. The van der Waals surface area contributed by atoms with Gasteiger partial charge in [0.05, 0.1) is 5.69 Å². The van der Waals surface area contributed by atoms with E-state index in [1.165, 1.54) is 35.0 Å². The number of nitrogens with zero attached hydrogens (tertiary/aromatic N) is 2. The number of carboxylic acids is 1. The number of alkyl halides is 2. The molecule has 100 valence electrons. The van der Waals surface area contributed by atoms with Crippen LogP contribution < -0.4 is 4.74 Å². The number of aromatic nitrogens is 2. The molecule has 1 heterocycles. The summed E-state index contributed by atoms with van der Waals surface area (Å²) in [5, 5.41) is 12.7. The summed E-state index contributed by atoms with van der Waals surface area (Å²) >= 11 is 0. The highest BCUT2D eigenvalue weighted by Crippen LogP contribution is 2.18. The minimum atomic E-state index is -2.88. The van der Waals surface area contributed by atoms with Crippen molar-refractivity contribution in [1.82, 2.24) is 9.78 Å². The Bertz CT molecular complexity index is 594. The molecule has 0 aliphatic rings. The summed E-state index contributed by atoms with van der Waals surface area (Å²) in [6.45, 7) is -1.18. The molecule has 0 amide bonds. The van der Waals surface area contributed by atoms with Gasteiger partial charge in [-0.25, -0.2) is 9.48 Å². The maximum atomic E-state index is 12.0. The van der Waals surface area contributed by atoms with Crippen LogP contribution in [-0.4, -0.2) is 27.5 Å². The molecule has 1 aromatic carbocycles. The van der Waals surface area contributed by atoms with Crippen LogP contribution in [-0.2, 0) is 0 Å². The van der Waals surface area contributed by atoms with E-state index in [0.717, 1.165) is 0 Å². The van der Waals surface area contributed by atoms with Crippen LogP contribution in [0.2, 0.25) is 0 Å². The topological polar surface area (TPSA) is 64.3 Å². The normalized spacial score (nSPS) is 10.7. The first-order valence-corrected chi connectivity index (χ1v) is 5.32. The molecule has 0 atom stereocenters. The molecular weight excluding hydrogens is 258 g/mol. The van der Waals surface area contributed by atoms with Gasteiger partial charge in [-0.05, 0) is 37.3 Å². The Morgan fingerprint density at radius 2 is 2.00 bits per heavy atom. The first-order valence-electron chi connectivity index (χ1n) is 5.32. The second kappa shape index (κ2) is 5.05. The van der Waals surface area contributed by atoms with Crippen molar-refractivity contribution in [2.75, 3.05) is 0 Å². The fourth-order valence-corrected chi connectivity index (χ4v) is 1.61. The predicted molar refractivity (Wildman–Crippen MR) is 61.9 cm³/mol. The van der Waals surface area contributed by atoms with Crippen molar-refractivity contribution in [3.8, 4) is 11.4 Å². The van der Waals surface area contributed by atoms with E-state index in [9.17, 15) is 13.6 Å². The lowest BCUT2D eigenvalue weighted by molar-refractivity contribution is -0.0498. The van der Waals surface area contributed by atoms with E-state index in [0.29, 0.717) is 11.4 Å². The number of carboxylic acid groups (broad SMARTS) is 1. The second-order valence-corrected chi connectivity index (χ2v) is 3.76. The van der Waals surface area contributed by atoms with Crippen LogP contribution in [0.3, 0.4) is 0 Å². The summed E-state index contributed by atoms with van der Waals surface area (Å²) in [4.78, 5) is 10.8. The molecule has 0 fully saturated rings.